The minimum absolute atomic E-state index is 0. The summed E-state index contributed by atoms with van der Waals surface area (Å²) in [5, 5.41) is 3.00. The Bertz CT molecular complexity index is 438. The Labute approximate surface area is 147 Å². The molecule has 0 saturated heterocycles. The van der Waals surface area contributed by atoms with Gasteiger partial charge in [0.1, 0.15) is 0 Å². The van der Waals surface area contributed by atoms with Crippen LogP contribution >= 0.6 is 12.4 Å². The van der Waals surface area contributed by atoms with Crippen LogP contribution in [0.4, 0.5) is 0 Å². The first kappa shape index (κ1) is 21.9. The number of amides is 1. The summed E-state index contributed by atoms with van der Waals surface area (Å²) in [6.07, 6.45) is 5.78. The highest BCUT2D eigenvalue weighted by atomic mass is 35.5. The smallest absolute Gasteiger partial charge is 0.220 e. The maximum Gasteiger partial charge on any atom is 0.220 e. The molecule has 4 heteroatoms. The highest BCUT2D eigenvalue weighted by molar-refractivity contribution is 5.85. The van der Waals surface area contributed by atoms with Gasteiger partial charge >= 0.3 is 0 Å². The molecule has 0 aliphatic heterocycles. The van der Waals surface area contributed by atoms with E-state index in [1.165, 1.54) is 11.1 Å². The molecule has 0 fully saturated rings. The topological polar surface area (TPSA) is 55.1 Å². The van der Waals surface area contributed by atoms with Crippen molar-refractivity contribution >= 4 is 18.3 Å². The Hall–Kier alpha value is -1.06. The molecule has 0 bridgehead atoms. The molecule has 1 rings (SSSR count). The first-order valence-corrected chi connectivity index (χ1v) is 8.49. The molecule has 0 unspecified atom stereocenters. The third kappa shape index (κ3) is 9.62. The van der Waals surface area contributed by atoms with Crippen molar-refractivity contribution in [2.24, 2.45) is 5.73 Å². The molecule has 0 heterocycles. The number of nitrogens with one attached hydrogen (secondary N) is 1. The molecule has 1 aromatic carbocycles. The summed E-state index contributed by atoms with van der Waals surface area (Å²) in [6, 6.07) is 8.71. The molecule has 1 amide bonds. The van der Waals surface area contributed by atoms with Gasteiger partial charge in [-0.05, 0) is 42.3 Å². The van der Waals surface area contributed by atoms with E-state index in [-0.39, 0.29) is 23.7 Å². The molecule has 0 saturated carbocycles. The standard InChI is InChI=1S/C19H32N2O.ClH/c1-19(2,3)17-11-9-16(10-12-17)13-15-21-18(22)8-6-4-5-7-14-20;/h9-12H,4-8,13-15,20H2,1-3H3,(H,21,22);1H. The van der Waals surface area contributed by atoms with Gasteiger partial charge in [-0.25, -0.2) is 0 Å². The SMILES string of the molecule is CC(C)(C)c1ccc(CCNC(=O)CCCCCCN)cc1.Cl. The molecule has 3 nitrogen and oxygen atoms in total. The van der Waals surface area contributed by atoms with Gasteiger partial charge in [-0.15, -0.1) is 12.4 Å². The van der Waals surface area contributed by atoms with Gasteiger partial charge in [0, 0.05) is 13.0 Å². The van der Waals surface area contributed by atoms with E-state index in [0.717, 1.165) is 45.2 Å². The summed E-state index contributed by atoms with van der Waals surface area (Å²) in [6.45, 7) is 8.12. The number of carbonyl (C=O) groups is 1. The molecule has 0 aromatic heterocycles. The highest BCUT2D eigenvalue weighted by Crippen LogP contribution is 2.22. The van der Waals surface area contributed by atoms with Crippen LogP contribution in [-0.4, -0.2) is 19.0 Å². The number of benzene rings is 1. The monoisotopic (exact) mass is 340 g/mol. The van der Waals surface area contributed by atoms with Crippen LogP contribution in [0.1, 0.15) is 64.0 Å². The van der Waals surface area contributed by atoms with Gasteiger partial charge in [0.2, 0.25) is 5.91 Å². The van der Waals surface area contributed by atoms with E-state index in [0.29, 0.717) is 6.42 Å². The third-order valence-corrected chi connectivity index (χ3v) is 3.91. The predicted octanol–water partition coefficient (Wildman–Crippen LogP) is 3.97. The summed E-state index contributed by atoms with van der Waals surface area (Å²) in [7, 11) is 0. The van der Waals surface area contributed by atoms with Gasteiger partial charge in [-0.1, -0.05) is 57.9 Å². The molecule has 23 heavy (non-hydrogen) atoms. The molecule has 0 radical (unpaired) electrons. The number of rotatable bonds is 9. The molecular formula is C19H33ClN2O. The first-order valence-electron chi connectivity index (χ1n) is 8.49. The fourth-order valence-corrected chi connectivity index (χ4v) is 2.39. The van der Waals surface area contributed by atoms with Crippen LogP contribution in [0.15, 0.2) is 24.3 Å². The Morgan fingerprint density at radius 3 is 2.22 bits per heavy atom. The van der Waals surface area contributed by atoms with Gasteiger partial charge in [0.25, 0.3) is 0 Å². The number of hydrogen-bond donors (Lipinski definition) is 2. The minimum atomic E-state index is 0. The quantitative estimate of drug-likeness (QED) is 0.668. The van der Waals surface area contributed by atoms with Gasteiger partial charge in [-0.3, -0.25) is 4.79 Å². The van der Waals surface area contributed by atoms with E-state index >= 15 is 0 Å². The average molecular weight is 341 g/mol. The van der Waals surface area contributed by atoms with Crippen molar-refractivity contribution in [3.05, 3.63) is 35.4 Å². The van der Waals surface area contributed by atoms with Crippen LogP contribution in [-0.2, 0) is 16.6 Å². The number of carbonyl (C=O) groups excluding carboxylic acids is 1. The van der Waals surface area contributed by atoms with Crippen LogP contribution in [0.3, 0.4) is 0 Å². The number of halogens is 1. The fraction of sp³-hybridized carbons (Fsp3) is 0.632. The van der Waals surface area contributed by atoms with Crippen molar-refractivity contribution in [2.45, 2.75) is 64.7 Å². The highest BCUT2D eigenvalue weighted by Gasteiger charge is 2.12. The maximum absolute atomic E-state index is 11.7. The summed E-state index contributed by atoms with van der Waals surface area (Å²) in [5.41, 5.74) is 8.26. The second-order valence-electron chi connectivity index (χ2n) is 7.00. The van der Waals surface area contributed by atoms with E-state index in [4.69, 9.17) is 5.73 Å². The molecule has 1 aromatic rings. The maximum atomic E-state index is 11.7. The molecule has 0 atom stereocenters. The van der Waals surface area contributed by atoms with Crippen molar-refractivity contribution < 1.29 is 4.79 Å². The van der Waals surface area contributed by atoms with E-state index in [1.54, 1.807) is 0 Å². The van der Waals surface area contributed by atoms with Crippen LogP contribution < -0.4 is 11.1 Å². The Balaban J connectivity index is 0.00000484. The van der Waals surface area contributed by atoms with E-state index in [9.17, 15) is 4.79 Å². The zero-order chi connectivity index (χ0) is 16.4. The van der Waals surface area contributed by atoms with Crippen LogP contribution in [0.2, 0.25) is 0 Å². The number of unbranched alkanes of at least 4 members (excludes halogenated alkanes) is 3. The van der Waals surface area contributed by atoms with Gasteiger partial charge in [-0.2, -0.15) is 0 Å². The largest absolute Gasteiger partial charge is 0.356 e. The average Bonchev–Trinajstić information content (AvgIpc) is 2.46. The van der Waals surface area contributed by atoms with Crippen LogP contribution in [0.5, 0.6) is 0 Å². The Morgan fingerprint density at radius 1 is 1.04 bits per heavy atom. The number of hydrogen-bond acceptors (Lipinski definition) is 2. The lowest BCUT2D eigenvalue weighted by molar-refractivity contribution is -0.121. The molecular weight excluding hydrogens is 308 g/mol. The summed E-state index contributed by atoms with van der Waals surface area (Å²) in [5.74, 6) is 0.166. The number of nitrogens with two attached hydrogens (primary N) is 1. The van der Waals surface area contributed by atoms with E-state index in [1.807, 2.05) is 0 Å². The van der Waals surface area contributed by atoms with E-state index in [2.05, 4.69) is 50.4 Å². The molecule has 3 N–H and O–H groups in total. The van der Waals surface area contributed by atoms with E-state index < -0.39 is 0 Å². The van der Waals surface area contributed by atoms with Crippen molar-refractivity contribution in [3.63, 3.8) is 0 Å². The molecule has 132 valence electrons. The van der Waals surface area contributed by atoms with Crippen LogP contribution in [0, 0.1) is 0 Å². The second-order valence-corrected chi connectivity index (χ2v) is 7.00. The molecule has 0 aliphatic carbocycles. The summed E-state index contributed by atoms with van der Waals surface area (Å²) >= 11 is 0. The summed E-state index contributed by atoms with van der Waals surface area (Å²) < 4.78 is 0. The normalized spacial score (nSPS) is 11.0. The Morgan fingerprint density at radius 2 is 1.65 bits per heavy atom. The zero-order valence-corrected chi connectivity index (χ0v) is 15.7. The lowest BCUT2D eigenvalue weighted by Crippen LogP contribution is -2.25. The molecule has 0 aliphatic rings. The van der Waals surface area contributed by atoms with Gasteiger partial charge < -0.3 is 11.1 Å². The van der Waals surface area contributed by atoms with Crippen LogP contribution in [0.25, 0.3) is 0 Å². The zero-order valence-electron chi connectivity index (χ0n) is 14.9. The van der Waals surface area contributed by atoms with Crippen molar-refractivity contribution in [2.75, 3.05) is 13.1 Å². The minimum Gasteiger partial charge on any atom is -0.356 e. The second kappa shape index (κ2) is 11.5. The van der Waals surface area contributed by atoms with Crippen molar-refractivity contribution in [1.29, 1.82) is 0 Å². The van der Waals surface area contributed by atoms with Crippen molar-refractivity contribution in [1.82, 2.24) is 5.32 Å². The lowest BCUT2D eigenvalue weighted by Gasteiger charge is -2.19. The fourth-order valence-electron chi connectivity index (χ4n) is 2.39. The molecule has 0 spiro atoms. The first-order chi connectivity index (χ1) is 10.4. The third-order valence-electron chi connectivity index (χ3n) is 3.91. The van der Waals surface area contributed by atoms with Gasteiger partial charge in [0.15, 0.2) is 0 Å². The van der Waals surface area contributed by atoms with Crippen molar-refractivity contribution in [3.8, 4) is 0 Å². The summed E-state index contributed by atoms with van der Waals surface area (Å²) in [4.78, 5) is 11.7. The van der Waals surface area contributed by atoms with Gasteiger partial charge in [0.05, 0.1) is 0 Å². The lowest BCUT2D eigenvalue weighted by atomic mass is 9.86. The Kier molecular flexibility index (Phi) is 10.9. The predicted molar refractivity (Wildman–Crippen MR) is 101 cm³/mol.